The average molecular weight is 216 g/mol. The van der Waals surface area contributed by atoms with Gasteiger partial charge in [-0.25, -0.2) is 0 Å². The van der Waals surface area contributed by atoms with Crippen molar-refractivity contribution in [2.75, 3.05) is 0 Å². The Morgan fingerprint density at radius 2 is 2.25 bits per heavy atom. The van der Waals surface area contributed by atoms with Gasteiger partial charge in [-0.05, 0) is 37.8 Å². The first kappa shape index (κ1) is 11.0. The van der Waals surface area contributed by atoms with E-state index in [-0.39, 0.29) is 12.1 Å². The van der Waals surface area contributed by atoms with Crippen molar-refractivity contribution in [1.29, 1.82) is 5.26 Å². The molecular weight excluding hydrogens is 200 g/mol. The second-order valence-electron chi connectivity index (χ2n) is 4.38. The number of ether oxygens (including phenoxy) is 1. The van der Waals surface area contributed by atoms with Gasteiger partial charge in [0.2, 0.25) is 0 Å². The number of rotatable bonds is 2. The number of aryl methyl sites for hydroxylation is 1. The van der Waals surface area contributed by atoms with E-state index in [1.165, 1.54) is 0 Å². The van der Waals surface area contributed by atoms with Crippen molar-refractivity contribution >= 4 is 0 Å². The van der Waals surface area contributed by atoms with Crippen LogP contribution in [-0.4, -0.2) is 12.1 Å². The summed E-state index contributed by atoms with van der Waals surface area (Å²) in [4.78, 5) is 0. The van der Waals surface area contributed by atoms with Gasteiger partial charge in [0, 0.05) is 6.04 Å². The third kappa shape index (κ3) is 2.17. The Hall–Kier alpha value is -1.53. The summed E-state index contributed by atoms with van der Waals surface area (Å²) in [5.74, 6) is 0.726. The first-order valence-electron chi connectivity index (χ1n) is 5.62. The number of hydrogen-bond acceptors (Lipinski definition) is 3. The van der Waals surface area contributed by atoms with Crippen LogP contribution in [0.1, 0.15) is 30.4 Å². The summed E-state index contributed by atoms with van der Waals surface area (Å²) >= 11 is 0. The van der Waals surface area contributed by atoms with Gasteiger partial charge >= 0.3 is 0 Å². The van der Waals surface area contributed by atoms with Gasteiger partial charge in [0.1, 0.15) is 17.9 Å². The van der Waals surface area contributed by atoms with Crippen molar-refractivity contribution in [1.82, 2.24) is 0 Å². The molecule has 1 aliphatic carbocycles. The topological polar surface area (TPSA) is 59.0 Å². The van der Waals surface area contributed by atoms with Gasteiger partial charge in [0.25, 0.3) is 0 Å². The van der Waals surface area contributed by atoms with E-state index < -0.39 is 0 Å². The lowest BCUT2D eigenvalue weighted by molar-refractivity contribution is 0.206. The maximum atomic E-state index is 9.01. The molecule has 0 aromatic heterocycles. The van der Waals surface area contributed by atoms with Gasteiger partial charge < -0.3 is 10.5 Å². The van der Waals surface area contributed by atoms with Crippen LogP contribution in [0.25, 0.3) is 0 Å². The zero-order valence-corrected chi connectivity index (χ0v) is 9.44. The Balaban J connectivity index is 2.18. The molecule has 2 N–H and O–H groups in total. The number of hydrogen-bond donors (Lipinski definition) is 1. The molecule has 0 radical (unpaired) electrons. The van der Waals surface area contributed by atoms with Crippen LogP contribution in [0.4, 0.5) is 0 Å². The number of benzene rings is 1. The zero-order valence-electron chi connectivity index (χ0n) is 9.44. The molecule has 1 fully saturated rings. The standard InChI is InChI=1S/C13H16N2O/c1-9-3-2-4-10(8-14)13(9)16-12-6-5-11(15)7-12/h2-4,11-12H,5-7,15H2,1H3. The molecule has 3 heteroatoms. The Kier molecular flexibility index (Phi) is 3.12. The highest BCUT2D eigenvalue weighted by Crippen LogP contribution is 2.28. The van der Waals surface area contributed by atoms with Crippen molar-refractivity contribution in [3.8, 4) is 11.8 Å². The minimum atomic E-state index is 0.170. The molecule has 0 saturated heterocycles. The Morgan fingerprint density at radius 1 is 1.44 bits per heavy atom. The van der Waals surface area contributed by atoms with Crippen molar-refractivity contribution in [2.24, 2.45) is 5.73 Å². The van der Waals surface area contributed by atoms with E-state index in [4.69, 9.17) is 15.7 Å². The summed E-state index contributed by atoms with van der Waals surface area (Å²) in [6, 6.07) is 8.04. The van der Waals surface area contributed by atoms with E-state index in [0.29, 0.717) is 5.56 Å². The first-order valence-corrected chi connectivity index (χ1v) is 5.62. The van der Waals surface area contributed by atoms with E-state index in [0.717, 1.165) is 30.6 Å². The molecule has 1 aromatic carbocycles. The molecule has 0 spiro atoms. The Bertz CT molecular complexity index is 422. The fourth-order valence-electron chi connectivity index (χ4n) is 2.14. The predicted octanol–water partition coefficient (Wildman–Crippen LogP) is 2.13. The smallest absolute Gasteiger partial charge is 0.140 e. The van der Waals surface area contributed by atoms with Gasteiger partial charge in [-0.15, -0.1) is 0 Å². The predicted molar refractivity (Wildman–Crippen MR) is 62.1 cm³/mol. The molecule has 0 amide bonds. The van der Waals surface area contributed by atoms with Crippen LogP contribution >= 0.6 is 0 Å². The van der Waals surface area contributed by atoms with E-state index in [9.17, 15) is 0 Å². The maximum Gasteiger partial charge on any atom is 0.140 e. The van der Waals surface area contributed by atoms with Crippen LogP contribution in [0.5, 0.6) is 5.75 Å². The van der Waals surface area contributed by atoms with E-state index >= 15 is 0 Å². The first-order chi connectivity index (χ1) is 7.70. The summed E-state index contributed by atoms with van der Waals surface area (Å²) in [5.41, 5.74) is 7.47. The Labute approximate surface area is 95.8 Å². The fourth-order valence-corrected chi connectivity index (χ4v) is 2.14. The molecule has 1 aromatic rings. The van der Waals surface area contributed by atoms with Gasteiger partial charge in [0.05, 0.1) is 5.56 Å². The van der Waals surface area contributed by atoms with Gasteiger partial charge in [0.15, 0.2) is 0 Å². The second-order valence-corrected chi connectivity index (χ2v) is 4.38. The maximum absolute atomic E-state index is 9.01. The van der Waals surface area contributed by atoms with E-state index in [1.54, 1.807) is 6.07 Å². The van der Waals surface area contributed by atoms with E-state index in [2.05, 4.69) is 6.07 Å². The van der Waals surface area contributed by atoms with Crippen LogP contribution in [0, 0.1) is 18.3 Å². The Morgan fingerprint density at radius 3 is 2.88 bits per heavy atom. The van der Waals surface area contributed by atoms with Crippen molar-refractivity contribution in [3.05, 3.63) is 29.3 Å². The molecule has 0 heterocycles. The summed E-state index contributed by atoms with van der Waals surface area (Å²) < 4.78 is 5.90. The van der Waals surface area contributed by atoms with Gasteiger partial charge in [-0.2, -0.15) is 5.26 Å². The van der Waals surface area contributed by atoms with Gasteiger partial charge in [-0.3, -0.25) is 0 Å². The molecule has 0 aliphatic heterocycles. The van der Waals surface area contributed by atoms with Crippen LogP contribution < -0.4 is 10.5 Å². The third-order valence-corrected chi connectivity index (χ3v) is 3.04. The summed E-state index contributed by atoms with van der Waals surface area (Å²) in [6.07, 6.45) is 3.06. The highest BCUT2D eigenvalue weighted by molar-refractivity contribution is 5.48. The van der Waals surface area contributed by atoms with Gasteiger partial charge in [-0.1, -0.05) is 12.1 Å². The molecule has 2 rings (SSSR count). The largest absolute Gasteiger partial charge is 0.489 e. The average Bonchev–Trinajstić information content (AvgIpc) is 2.67. The number of nitrogens with two attached hydrogens (primary N) is 1. The third-order valence-electron chi connectivity index (χ3n) is 3.04. The lowest BCUT2D eigenvalue weighted by Gasteiger charge is -2.16. The summed E-state index contributed by atoms with van der Waals surface area (Å²) in [7, 11) is 0. The van der Waals surface area contributed by atoms with Crippen LogP contribution in [0.3, 0.4) is 0 Å². The molecule has 1 aliphatic rings. The normalized spacial score (nSPS) is 24.1. The quantitative estimate of drug-likeness (QED) is 0.823. The summed E-state index contributed by atoms with van der Waals surface area (Å²) in [6.45, 7) is 1.96. The van der Waals surface area contributed by atoms with Crippen molar-refractivity contribution < 1.29 is 4.74 Å². The zero-order chi connectivity index (χ0) is 11.5. The molecule has 2 atom stereocenters. The number of nitriles is 1. The number of nitrogens with zero attached hydrogens (tertiary/aromatic N) is 1. The molecule has 1 saturated carbocycles. The molecule has 0 bridgehead atoms. The van der Waals surface area contributed by atoms with Crippen LogP contribution in [0.15, 0.2) is 18.2 Å². The molecular formula is C13H16N2O. The molecule has 3 nitrogen and oxygen atoms in total. The van der Waals surface area contributed by atoms with Crippen LogP contribution in [-0.2, 0) is 0 Å². The minimum absolute atomic E-state index is 0.170. The summed E-state index contributed by atoms with van der Waals surface area (Å²) in [5, 5.41) is 9.01. The highest BCUT2D eigenvalue weighted by atomic mass is 16.5. The minimum Gasteiger partial charge on any atom is -0.489 e. The molecule has 2 unspecified atom stereocenters. The second kappa shape index (κ2) is 4.54. The van der Waals surface area contributed by atoms with Crippen molar-refractivity contribution in [3.63, 3.8) is 0 Å². The fraction of sp³-hybridized carbons (Fsp3) is 0.462. The lowest BCUT2D eigenvalue weighted by Crippen LogP contribution is -2.19. The lowest BCUT2D eigenvalue weighted by atomic mass is 10.1. The number of para-hydroxylation sites is 1. The van der Waals surface area contributed by atoms with E-state index in [1.807, 2.05) is 19.1 Å². The highest BCUT2D eigenvalue weighted by Gasteiger charge is 2.24. The molecule has 16 heavy (non-hydrogen) atoms. The SMILES string of the molecule is Cc1cccc(C#N)c1OC1CCC(N)C1. The monoisotopic (exact) mass is 216 g/mol. The van der Waals surface area contributed by atoms with Crippen LogP contribution in [0.2, 0.25) is 0 Å². The van der Waals surface area contributed by atoms with Crippen molar-refractivity contribution in [2.45, 2.75) is 38.3 Å². The molecule has 84 valence electrons.